The summed E-state index contributed by atoms with van der Waals surface area (Å²) in [7, 11) is -3.72. The summed E-state index contributed by atoms with van der Waals surface area (Å²) in [6, 6.07) is 14.1. The number of sulfonamides is 1. The Morgan fingerprint density at radius 2 is 1.67 bits per heavy atom. The zero-order valence-corrected chi connectivity index (χ0v) is 14.9. The van der Waals surface area contributed by atoms with Gasteiger partial charge < -0.3 is 5.32 Å². The van der Waals surface area contributed by atoms with Crippen LogP contribution in [0.15, 0.2) is 53.4 Å². The summed E-state index contributed by atoms with van der Waals surface area (Å²) in [5.74, 6) is -0.148. The molecule has 0 radical (unpaired) electrons. The van der Waals surface area contributed by atoms with Gasteiger partial charge in [0.1, 0.15) is 0 Å². The van der Waals surface area contributed by atoms with Crippen LogP contribution in [0.2, 0.25) is 0 Å². The number of amides is 1. The Kier molecular flexibility index (Phi) is 5.75. The number of para-hydroxylation sites is 1. The number of rotatable bonds is 6. The molecule has 6 heteroatoms. The molecule has 0 spiro atoms. The van der Waals surface area contributed by atoms with Crippen LogP contribution in [0.5, 0.6) is 0 Å². The maximum Gasteiger partial charge on any atom is 0.241 e. The molecule has 0 unspecified atom stereocenters. The highest BCUT2D eigenvalue weighted by Gasteiger charge is 2.18. The summed E-state index contributed by atoms with van der Waals surface area (Å²) in [5, 5.41) is 2.76. The molecule has 0 fully saturated rings. The van der Waals surface area contributed by atoms with Gasteiger partial charge in [0, 0.05) is 5.69 Å². The van der Waals surface area contributed by atoms with E-state index in [1.807, 2.05) is 38.1 Å². The third-order valence-corrected chi connectivity index (χ3v) is 5.22. The molecule has 0 saturated heterocycles. The first kappa shape index (κ1) is 18.2. The third-order valence-electron chi connectivity index (χ3n) is 3.66. The van der Waals surface area contributed by atoms with Gasteiger partial charge in [-0.15, -0.1) is 0 Å². The summed E-state index contributed by atoms with van der Waals surface area (Å²) in [6.07, 6.45) is 0. The van der Waals surface area contributed by atoms with E-state index >= 15 is 0 Å². The van der Waals surface area contributed by atoms with E-state index in [0.717, 1.165) is 5.56 Å². The van der Waals surface area contributed by atoms with Crippen LogP contribution in [-0.4, -0.2) is 20.9 Å². The molecule has 0 bridgehead atoms. The lowest BCUT2D eigenvalue weighted by molar-refractivity contribution is -0.115. The molecule has 2 aromatic carbocycles. The Balaban J connectivity index is 2.05. The fraction of sp³-hybridized carbons (Fsp3) is 0.278. The fourth-order valence-corrected chi connectivity index (χ4v) is 3.63. The molecule has 0 aliphatic heterocycles. The van der Waals surface area contributed by atoms with Gasteiger partial charge in [0.25, 0.3) is 0 Å². The quantitative estimate of drug-likeness (QED) is 0.844. The Morgan fingerprint density at radius 3 is 2.33 bits per heavy atom. The molecular weight excluding hydrogens is 324 g/mol. The summed E-state index contributed by atoms with van der Waals surface area (Å²) >= 11 is 0. The van der Waals surface area contributed by atoms with E-state index in [2.05, 4.69) is 10.0 Å². The largest absolute Gasteiger partial charge is 0.325 e. The summed E-state index contributed by atoms with van der Waals surface area (Å²) in [6.45, 7) is 5.47. The maximum atomic E-state index is 12.3. The highest BCUT2D eigenvalue weighted by molar-refractivity contribution is 7.89. The van der Waals surface area contributed by atoms with Crippen LogP contribution in [0.4, 0.5) is 5.69 Å². The van der Waals surface area contributed by atoms with E-state index in [1.165, 1.54) is 6.07 Å². The number of hydrogen-bond acceptors (Lipinski definition) is 3. The molecule has 2 aromatic rings. The fourth-order valence-electron chi connectivity index (χ4n) is 2.40. The summed E-state index contributed by atoms with van der Waals surface area (Å²) in [4.78, 5) is 12.3. The predicted molar refractivity (Wildman–Crippen MR) is 95.5 cm³/mol. The Labute approximate surface area is 143 Å². The van der Waals surface area contributed by atoms with E-state index in [9.17, 15) is 13.2 Å². The number of nitrogens with one attached hydrogen (secondary N) is 2. The lowest BCUT2D eigenvalue weighted by Crippen LogP contribution is -2.33. The highest BCUT2D eigenvalue weighted by Crippen LogP contribution is 2.23. The first-order chi connectivity index (χ1) is 11.3. The number of carbonyl (C=O) groups excluding carboxylic acids is 1. The lowest BCUT2D eigenvalue weighted by Gasteiger charge is -2.14. The first-order valence-electron chi connectivity index (χ1n) is 7.75. The molecule has 2 N–H and O–H groups in total. The SMILES string of the molecule is Cc1ccccc1S(=O)(=O)NCC(=O)Nc1ccccc1C(C)C. The standard InChI is InChI=1S/C18H22N2O3S/c1-13(2)15-9-5-6-10-16(15)20-18(21)12-19-24(22,23)17-11-7-4-8-14(17)3/h4-11,13,19H,12H2,1-3H3,(H,20,21). The van der Waals surface area contributed by atoms with E-state index in [0.29, 0.717) is 11.3 Å². The number of anilines is 1. The molecule has 2 rings (SSSR count). The van der Waals surface area contributed by atoms with Crippen molar-refractivity contribution in [3.8, 4) is 0 Å². The molecule has 128 valence electrons. The number of aryl methyl sites for hydroxylation is 1. The monoisotopic (exact) mass is 346 g/mol. The van der Waals surface area contributed by atoms with Crippen LogP contribution in [-0.2, 0) is 14.8 Å². The van der Waals surface area contributed by atoms with Gasteiger partial charge in [-0.25, -0.2) is 13.1 Å². The molecule has 5 nitrogen and oxygen atoms in total. The van der Waals surface area contributed by atoms with Crippen molar-refractivity contribution in [3.63, 3.8) is 0 Å². The third kappa shape index (κ3) is 4.43. The molecule has 0 aromatic heterocycles. The predicted octanol–water partition coefficient (Wildman–Crippen LogP) is 3.04. The van der Waals surface area contributed by atoms with Crippen molar-refractivity contribution < 1.29 is 13.2 Å². The minimum Gasteiger partial charge on any atom is -0.325 e. The first-order valence-corrected chi connectivity index (χ1v) is 9.23. The average molecular weight is 346 g/mol. The zero-order chi connectivity index (χ0) is 17.7. The lowest BCUT2D eigenvalue weighted by atomic mass is 10.0. The van der Waals surface area contributed by atoms with Crippen LogP contribution in [0.1, 0.15) is 30.9 Å². The smallest absolute Gasteiger partial charge is 0.241 e. The highest BCUT2D eigenvalue weighted by atomic mass is 32.2. The molecule has 0 aliphatic carbocycles. The van der Waals surface area contributed by atoms with E-state index in [4.69, 9.17) is 0 Å². The number of benzene rings is 2. The van der Waals surface area contributed by atoms with Crippen molar-refractivity contribution in [1.29, 1.82) is 0 Å². The summed E-state index contributed by atoms with van der Waals surface area (Å²) < 4.78 is 26.9. The van der Waals surface area contributed by atoms with Crippen LogP contribution in [0, 0.1) is 6.92 Å². The molecule has 0 atom stereocenters. The normalized spacial score (nSPS) is 11.5. The van der Waals surface area contributed by atoms with Gasteiger partial charge >= 0.3 is 0 Å². The second-order valence-electron chi connectivity index (χ2n) is 5.88. The van der Waals surface area contributed by atoms with Gasteiger partial charge in [0.15, 0.2) is 0 Å². The van der Waals surface area contributed by atoms with Crippen molar-refractivity contribution in [1.82, 2.24) is 4.72 Å². The van der Waals surface area contributed by atoms with Crippen LogP contribution >= 0.6 is 0 Å². The van der Waals surface area contributed by atoms with Gasteiger partial charge in [-0.05, 0) is 36.1 Å². The van der Waals surface area contributed by atoms with Gasteiger partial charge in [0.05, 0.1) is 11.4 Å². The van der Waals surface area contributed by atoms with Gasteiger partial charge in [-0.1, -0.05) is 50.2 Å². The minimum absolute atomic E-state index is 0.181. The van der Waals surface area contributed by atoms with Crippen molar-refractivity contribution in [3.05, 3.63) is 59.7 Å². The molecule has 24 heavy (non-hydrogen) atoms. The number of hydrogen-bond donors (Lipinski definition) is 2. The minimum atomic E-state index is -3.72. The molecule has 0 heterocycles. The number of carbonyl (C=O) groups is 1. The van der Waals surface area contributed by atoms with Crippen LogP contribution in [0.25, 0.3) is 0 Å². The Bertz CT molecular complexity index is 830. The van der Waals surface area contributed by atoms with Gasteiger partial charge in [-0.3, -0.25) is 4.79 Å². The summed E-state index contributed by atoms with van der Waals surface area (Å²) in [5.41, 5.74) is 2.34. The van der Waals surface area contributed by atoms with E-state index in [1.54, 1.807) is 25.1 Å². The Hall–Kier alpha value is -2.18. The van der Waals surface area contributed by atoms with Crippen LogP contribution in [0.3, 0.4) is 0 Å². The van der Waals surface area contributed by atoms with E-state index < -0.39 is 15.9 Å². The average Bonchev–Trinajstić information content (AvgIpc) is 2.53. The van der Waals surface area contributed by atoms with E-state index in [-0.39, 0.29) is 17.4 Å². The van der Waals surface area contributed by atoms with Gasteiger partial charge in [0.2, 0.25) is 15.9 Å². The van der Waals surface area contributed by atoms with Crippen molar-refractivity contribution in [2.45, 2.75) is 31.6 Å². The van der Waals surface area contributed by atoms with Crippen LogP contribution < -0.4 is 10.0 Å². The van der Waals surface area contributed by atoms with Gasteiger partial charge in [-0.2, -0.15) is 0 Å². The maximum absolute atomic E-state index is 12.3. The molecular formula is C18H22N2O3S. The Morgan fingerprint density at radius 1 is 1.04 bits per heavy atom. The molecule has 0 saturated carbocycles. The van der Waals surface area contributed by atoms with Crippen molar-refractivity contribution >= 4 is 21.6 Å². The second-order valence-corrected chi connectivity index (χ2v) is 7.62. The topological polar surface area (TPSA) is 75.3 Å². The second kappa shape index (κ2) is 7.59. The van der Waals surface area contributed by atoms with Crippen molar-refractivity contribution in [2.75, 3.05) is 11.9 Å². The van der Waals surface area contributed by atoms with Crippen molar-refractivity contribution in [2.24, 2.45) is 0 Å². The molecule has 0 aliphatic rings. The molecule has 1 amide bonds. The zero-order valence-electron chi connectivity index (χ0n) is 14.0.